The van der Waals surface area contributed by atoms with Gasteiger partial charge in [-0.25, -0.2) is 19.0 Å². The minimum Gasteiger partial charge on any atom is -0.390 e. The van der Waals surface area contributed by atoms with E-state index in [1.165, 1.54) is 17.4 Å². The van der Waals surface area contributed by atoms with Gasteiger partial charge in [0.1, 0.15) is 5.82 Å². The van der Waals surface area contributed by atoms with Gasteiger partial charge in [-0.2, -0.15) is 0 Å². The summed E-state index contributed by atoms with van der Waals surface area (Å²) in [4.78, 5) is 13.3. The Kier molecular flexibility index (Phi) is 4.74. The first-order valence-electron chi connectivity index (χ1n) is 8.31. The molecule has 4 aromatic rings. The van der Waals surface area contributed by atoms with Gasteiger partial charge in [-0.15, -0.1) is 16.4 Å². The van der Waals surface area contributed by atoms with Crippen molar-refractivity contribution in [2.24, 2.45) is 0 Å². The maximum atomic E-state index is 14.1. The second-order valence-corrected chi connectivity index (χ2v) is 6.86. The van der Waals surface area contributed by atoms with E-state index in [1.807, 2.05) is 18.4 Å². The number of aromatic nitrogens is 5. The van der Waals surface area contributed by atoms with Crippen LogP contribution in [0.2, 0.25) is 0 Å². The van der Waals surface area contributed by atoms with Crippen molar-refractivity contribution in [3.8, 4) is 22.2 Å². The van der Waals surface area contributed by atoms with Gasteiger partial charge in [-0.3, -0.25) is 4.98 Å². The van der Waals surface area contributed by atoms with Crippen LogP contribution in [0.15, 0.2) is 48.0 Å². The molecule has 0 aliphatic rings. The standard InChI is InChI=1S/C19H16FN5OS/c1-12-11-27-19(22-12)17-23-18(13-6-7-15(10-26)21-8-13)25(24-17)9-14-4-2-3-5-16(14)20/h2-8,11,26H,9-10H2,1H3. The molecule has 0 saturated heterocycles. The molecule has 1 N–H and O–H groups in total. The summed E-state index contributed by atoms with van der Waals surface area (Å²) < 4.78 is 15.8. The average molecular weight is 381 g/mol. The molecule has 6 nitrogen and oxygen atoms in total. The molecular weight excluding hydrogens is 365 g/mol. The van der Waals surface area contributed by atoms with Crippen molar-refractivity contribution in [1.29, 1.82) is 0 Å². The predicted molar refractivity (Wildman–Crippen MR) is 101 cm³/mol. The summed E-state index contributed by atoms with van der Waals surface area (Å²) in [5.74, 6) is 0.767. The number of aryl methyl sites for hydroxylation is 1. The van der Waals surface area contributed by atoms with Gasteiger partial charge < -0.3 is 5.11 Å². The Morgan fingerprint density at radius 2 is 2.00 bits per heavy atom. The van der Waals surface area contributed by atoms with Crippen LogP contribution in [0.25, 0.3) is 22.2 Å². The van der Waals surface area contributed by atoms with Gasteiger partial charge in [0.15, 0.2) is 10.8 Å². The van der Waals surface area contributed by atoms with Gasteiger partial charge in [0.05, 0.1) is 18.8 Å². The fourth-order valence-electron chi connectivity index (χ4n) is 2.65. The largest absolute Gasteiger partial charge is 0.390 e. The smallest absolute Gasteiger partial charge is 0.210 e. The van der Waals surface area contributed by atoms with Crippen molar-refractivity contribution >= 4 is 11.3 Å². The molecule has 27 heavy (non-hydrogen) atoms. The lowest BCUT2D eigenvalue weighted by molar-refractivity contribution is 0.277. The Morgan fingerprint density at radius 1 is 1.15 bits per heavy atom. The number of nitrogens with zero attached hydrogens (tertiary/aromatic N) is 5. The molecule has 0 fully saturated rings. The maximum absolute atomic E-state index is 14.1. The van der Waals surface area contributed by atoms with Gasteiger partial charge in [0.25, 0.3) is 0 Å². The minimum absolute atomic E-state index is 0.133. The number of aliphatic hydroxyl groups is 1. The second kappa shape index (κ2) is 7.34. The Bertz CT molecular complexity index is 1070. The van der Waals surface area contributed by atoms with E-state index in [0.717, 1.165) is 11.3 Å². The molecular formula is C19H16FN5OS. The molecule has 0 bridgehead atoms. The van der Waals surface area contributed by atoms with Gasteiger partial charge in [0, 0.05) is 28.4 Å². The van der Waals surface area contributed by atoms with Gasteiger partial charge in [-0.05, 0) is 25.1 Å². The monoisotopic (exact) mass is 381 g/mol. The van der Waals surface area contributed by atoms with E-state index in [-0.39, 0.29) is 19.0 Å². The number of pyridine rings is 1. The summed E-state index contributed by atoms with van der Waals surface area (Å²) in [5, 5.41) is 16.4. The molecule has 0 saturated carbocycles. The lowest BCUT2D eigenvalue weighted by atomic mass is 10.2. The third kappa shape index (κ3) is 3.62. The number of thiazole rings is 1. The van der Waals surface area contributed by atoms with E-state index >= 15 is 0 Å². The number of aliphatic hydroxyl groups excluding tert-OH is 1. The average Bonchev–Trinajstić information content (AvgIpc) is 3.30. The van der Waals surface area contributed by atoms with E-state index in [0.29, 0.717) is 27.9 Å². The van der Waals surface area contributed by atoms with Crippen LogP contribution < -0.4 is 0 Å². The van der Waals surface area contributed by atoms with Crippen molar-refractivity contribution in [3.05, 3.63) is 70.7 Å². The summed E-state index contributed by atoms with van der Waals surface area (Å²) in [5.41, 5.74) is 2.71. The van der Waals surface area contributed by atoms with Crippen LogP contribution in [0.1, 0.15) is 17.0 Å². The molecule has 0 aliphatic carbocycles. The normalized spacial score (nSPS) is 11.1. The molecule has 3 aromatic heterocycles. The third-order valence-corrected chi connectivity index (χ3v) is 4.96. The second-order valence-electron chi connectivity index (χ2n) is 6.00. The topological polar surface area (TPSA) is 76.7 Å². The first-order chi connectivity index (χ1) is 13.1. The fraction of sp³-hybridized carbons (Fsp3) is 0.158. The van der Waals surface area contributed by atoms with E-state index in [2.05, 4.69) is 20.1 Å². The molecule has 4 rings (SSSR count). The quantitative estimate of drug-likeness (QED) is 0.573. The van der Waals surface area contributed by atoms with E-state index in [4.69, 9.17) is 0 Å². The molecule has 0 spiro atoms. The Labute approximate surface area is 159 Å². The summed E-state index contributed by atoms with van der Waals surface area (Å²) in [6.07, 6.45) is 1.63. The van der Waals surface area contributed by atoms with Crippen LogP contribution in [0, 0.1) is 12.7 Å². The fourth-order valence-corrected chi connectivity index (χ4v) is 3.37. The summed E-state index contributed by atoms with van der Waals surface area (Å²) in [7, 11) is 0. The van der Waals surface area contributed by atoms with Crippen molar-refractivity contribution in [1.82, 2.24) is 24.7 Å². The summed E-state index contributed by atoms with van der Waals surface area (Å²) >= 11 is 1.46. The Hall–Kier alpha value is -2.97. The van der Waals surface area contributed by atoms with Crippen molar-refractivity contribution in [3.63, 3.8) is 0 Å². The number of hydrogen-bond acceptors (Lipinski definition) is 6. The SMILES string of the molecule is Cc1csc(-c2nc(-c3ccc(CO)nc3)n(Cc3ccccc3F)n2)n1. The first-order valence-corrected chi connectivity index (χ1v) is 9.19. The van der Waals surface area contributed by atoms with Gasteiger partial charge >= 0.3 is 0 Å². The molecule has 0 unspecified atom stereocenters. The van der Waals surface area contributed by atoms with Crippen LogP contribution >= 0.6 is 11.3 Å². The van der Waals surface area contributed by atoms with E-state index in [1.54, 1.807) is 35.1 Å². The lowest BCUT2D eigenvalue weighted by Crippen LogP contribution is -2.06. The van der Waals surface area contributed by atoms with E-state index < -0.39 is 0 Å². The lowest BCUT2D eigenvalue weighted by Gasteiger charge is -2.07. The van der Waals surface area contributed by atoms with Crippen molar-refractivity contribution in [2.45, 2.75) is 20.1 Å². The summed E-state index contributed by atoms with van der Waals surface area (Å²) in [6.45, 7) is 2.02. The Balaban J connectivity index is 1.79. The first kappa shape index (κ1) is 17.4. The maximum Gasteiger partial charge on any atom is 0.210 e. The zero-order chi connectivity index (χ0) is 18.8. The zero-order valence-corrected chi connectivity index (χ0v) is 15.3. The Morgan fingerprint density at radius 3 is 2.67 bits per heavy atom. The number of benzene rings is 1. The molecule has 0 atom stereocenters. The van der Waals surface area contributed by atoms with Crippen LogP contribution in [-0.2, 0) is 13.2 Å². The highest BCUT2D eigenvalue weighted by Crippen LogP contribution is 2.25. The highest BCUT2D eigenvalue weighted by atomic mass is 32.1. The molecule has 8 heteroatoms. The minimum atomic E-state index is -0.292. The number of halogens is 1. The number of hydrogen-bond donors (Lipinski definition) is 1. The summed E-state index contributed by atoms with van der Waals surface area (Å²) in [6, 6.07) is 10.1. The zero-order valence-electron chi connectivity index (χ0n) is 14.5. The predicted octanol–water partition coefficient (Wildman–Crippen LogP) is 3.45. The highest BCUT2D eigenvalue weighted by molar-refractivity contribution is 7.13. The molecule has 0 radical (unpaired) electrons. The number of rotatable bonds is 5. The van der Waals surface area contributed by atoms with Crippen LogP contribution in [-0.4, -0.2) is 29.8 Å². The van der Waals surface area contributed by atoms with Crippen molar-refractivity contribution in [2.75, 3.05) is 0 Å². The highest BCUT2D eigenvalue weighted by Gasteiger charge is 2.17. The van der Waals surface area contributed by atoms with Crippen molar-refractivity contribution < 1.29 is 9.50 Å². The van der Waals surface area contributed by atoms with Gasteiger partial charge in [-0.1, -0.05) is 18.2 Å². The van der Waals surface area contributed by atoms with Crippen LogP contribution in [0.4, 0.5) is 4.39 Å². The molecule has 136 valence electrons. The van der Waals surface area contributed by atoms with E-state index in [9.17, 15) is 9.50 Å². The van der Waals surface area contributed by atoms with Gasteiger partial charge in [0.2, 0.25) is 5.82 Å². The molecule has 1 aromatic carbocycles. The van der Waals surface area contributed by atoms with Crippen LogP contribution in [0.5, 0.6) is 0 Å². The molecule has 3 heterocycles. The molecule has 0 amide bonds. The van der Waals surface area contributed by atoms with Crippen LogP contribution in [0.3, 0.4) is 0 Å². The third-order valence-electron chi connectivity index (χ3n) is 4.00. The molecule has 0 aliphatic heterocycles.